The molecule has 30 heavy (non-hydrogen) atoms. The zero-order valence-electron chi connectivity index (χ0n) is 17.5. The van der Waals surface area contributed by atoms with Gasteiger partial charge in [-0.15, -0.1) is 10.2 Å². The lowest BCUT2D eigenvalue weighted by Gasteiger charge is -2.10. The van der Waals surface area contributed by atoms with Crippen molar-refractivity contribution in [3.05, 3.63) is 54.1 Å². The number of carbonyl (C=O) groups is 1. The maximum absolute atomic E-state index is 12.2. The van der Waals surface area contributed by atoms with Gasteiger partial charge in [0.15, 0.2) is 5.82 Å². The second kappa shape index (κ2) is 9.07. The van der Waals surface area contributed by atoms with Crippen LogP contribution >= 0.6 is 0 Å². The molecular formula is C23H27N5O2. The predicted molar refractivity (Wildman–Crippen MR) is 115 cm³/mol. The minimum Gasteiger partial charge on any atom is -0.438 e. The summed E-state index contributed by atoms with van der Waals surface area (Å²) in [7, 11) is 0. The van der Waals surface area contributed by atoms with E-state index >= 15 is 0 Å². The van der Waals surface area contributed by atoms with Crippen LogP contribution in [0.4, 0.5) is 5.69 Å². The van der Waals surface area contributed by atoms with E-state index in [4.69, 9.17) is 4.74 Å². The zero-order valence-corrected chi connectivity index (χ0v) is 17.5. The number of anilines is 1. The summed E-state index contributed by atoms with van der Waals surface area (Å²) in [6, 6.07) is 10.9. The van der Waals surface area contributed by atoms with Crippen LogP contribution in [-0.4, -0.2) is 25.7 Å². The van der Waals surface area contributed by atoms with Crippen LogP contribution in [0.3, 0.4) is 0 Å². The number of ether oxygens (including phenoxy) is 1. The molecule has 0 spiro atoms. The standard InChI is InChI=1S/C23H27N5O2/c1-16-17(2)28(15-24-16)21-12-14-23(27-26-21)30-20-10-8-19(9-11-20)25-22(29)13-7-18-5-3-4-6-18/h8-12,14-15,18H,3-7,13H2,1-2H3,(H,25,29). The summed E-state index contributed by atoms with van der Waals surface area (Å²) >= 11 is 0. The Morgan fingerprint density at radius 1 is 1.10 bits per heavy atom. The highest BCUT2D eigenvalue weighted by atomic mass is 16.5. The van der Waals surface area contributed by atoms with Crippen molar-refractivity contribution >= 4 is 11.6 Å². The number of aryl methyl sites for hydroxylation is 1. The van der Waals surface area contributed by atoms with Crippen molar-refractivity contribution in [1.82, 2.24) is 19.7 Å². The number of rotatable bonds is 7. The van der Waals surface area contributed by atoms with Crippen LogP contribution in [0.5, 0.6) is 11.6 Å². The maximum atomic E-state index is 12.2. The summed E-state index contributed by atoms with van der Waals surface area (Å²) in [5, 5.41) is 11.3. The van der Waals surface area contributed by atoms with Crippen LogP contribution in [0.2, 0.25) is 0 Å². The molecule has 0 radical (unpaired) electrons. The van der Waals surface area contributed by atoms with Crippen molar-refractivity contribution in [1.29, 1.82) is 0 Å². The molecule has 0 atom stereocenters. The van der Waals surface area contributed by atoms with Gasteiger partial charge in [-0.2, -0.15) is 0 Å². The lowest BCUT2D eigenvalue weighted by Crippen LogP contribution is -2.12. The van der Waals surface area contributed by atoms with Gasteiger partial charge >= 0.3 is 0 Å². The molecule has 2 heterocycles. The fourth-order valence-corrected chi connectivity index (χ4v) is 3.81. The largest absolute Gasteiger partial charge is 0.438 e. The molecule has 2 aromatic heterocycles. The van der Waals surface area contributed by atoms with E-state index in [1.54, 1.807) is 12.4 Å². The third kappa shape index (κ3) is 4.84. The first-order valence-electron chi connectivity index (χ1n) is 10.5. The van der Waals surface area contributed by atoms with Gasteiger partial charge in [-0.25, -0.2) is 4.98 Å². The molecule has 1 aliphatic carbocycles. The van der Waals surface area contributed by atoms with E-state index in [0.717, 1.165) is 29.4 Å². The summed E-state index contributed by atoms with van der Waals surface area (Å²) in [5.41, 5.74) is 2.76. The zero-order chi connectivity index (χ0) is 20.9. The van der Waals surface area contributed by atoms with Gasteiger partial charge in [0.2, 0.25) is 11.8 Å². The van der Waals surface area contributed by atoms with Gasteiger partial charge in [-0.05, 0) is 56.5 Å². The van der Waals surface area contributed by atoms with Crippen LogP contribution in [0.15, 0.2) is 42.7 Å². The van der Waals surface area contributed by atoms with Crippen LogP contribution in [0.1, 0.15) is 49.9 Å². The Morgan fingerprint density at radius 2 is 1.87 bits per heavy atom. The summed E-state index contributed by atoms with van der Waals surface area (Å²) in [4.78, 5) is 16.4. The van der Waals surface area contributed by atoms with Gasteiger partial charge in [-0.1, -0.05) is 25.7 Å². The maximum Gasteiger partial charge on any atom is 0.238 e. The number of hydrogen-bond donors (Lipinski definition) is 1. The van der Waals surface area contributed by atoms with Gasteiger partial charge in [0.25, 0.3) is 0 Å². The molecule has 1 saturated carbocycles. The van der Waals surface area contributed by atoms with Gasteiger partial charge in [0.1, 0.15) is 12.1 Å². The summed E-state index contributed by atoms with van der Waals surface area (Å²) in [6.45, 7) is 3.95. The Labute approximate surface area is 176 Å². The number of nitrogens with one attached hydrogen (secondary N) is 1. The Hall–Kier alpha value is -3.22. The SMILES string of the molecule is Cc1ncn(-c2ccc(Oc3ccc(NC(=O)CCC4CCCC4)cc3)nn2)c1C. The van der Waals surface area contributed by atoms with Gasteiger partial charge in [0, 0.05) is 23.9 Å². The second-order valence-corrected chi connectivity index (χ2v) is 7.88. The highest BCUT2D eigenvalue weighted by Crippen LogP contribution is 2.28. The molecule has 0 unspecified atom stereocenters. The molecular weight excluding hydrogens is 378 g/mol. The van der Waals surface area contributed by atoms with Crippen LogP contribution in [-0.2, 0) is 4.79 Å². The van der Waals surface area contributed by atoms with Gasteiger partial charge < -0.3 is 10.1 Å². The molecule has 156 valence electrons. The molecule has 0 aliphatic heterocycles. The molecule has 1 aromatic carbocycles. The van der Waals surface area contributed by atoms with Gasteiger partial charge in [0.05, 0.1) is 5.69 Å². The Kier molecular flexibility index (Phi) is 6.07. The molecule has 0 bridgehead atoms. The highest BCUT2D eigenvalue weighted by Gasteiger charge is 2.16. The quantitative estimate of drug-likeness (QED) is 0.599. The number of aromatic nitrogens is 4. The Bertz CT molecular complexity index is 989. The second-order valence-electron chi connectivity index (χ2n) is 7.88. The molecule has 1 aliphatic rings. The fraction of sp³-hybridized carbons (Fsp3) is 0.391. The third-order valence-electron chi connectivity index (χ3n) is 5.74. The number of carbonyl (C=O) groups excluding carboxylic acids is 1. The average Bonchev–Trinajstić information content (AvgIpc) is 3.39. The van der Waals surface area contributed by atoms with Crippen LogP contribution in [0.25, 0.3) is 5.82 Å². The first-order valence-corrected chi connectivity index (χ1v) is 10.5. The predicted octanol–water partition coefficient (Wildman–Crippen LogP) is 4.98. The summed E-state index contributed by atoms with van der Waals surface area (Å²) < 4.78 is 7.65. The average molecular weight is 406 g/mol. The van der Waals surface area contributed by atoms with E-state index in [1.165, 1.54) is 25.7 Å². The fourth-order valence-electron chi connectivity index (χ4n) is 3.81. The molecule has 1 amide bonds. The van der Waals surface area contributed by atoms with Crippen LogP contribution in [0, 0.1) is 19.8 Å². The molecule has 0 saturated heterocycles. The number of imidazole rings is 1. The van der Waals surface area contributed by atoms with Crippen molar-refractivity contribution in [3.8, 4) is 17.4 Å². The third-order valence-corrected chi connectivity index (χ3v) is 5.74. The van der Waals surface area contributed by atoms with Crippen molar-refractivity contribution in [2.24, 2.45) is 5.92 Å². The molecule has 7 heteroatoms. The van der Waals surface area contributed by atoms with E-state index in [-0.39, 0.29) is 5.91 Å². The lowest BCUT2D eigenvalue weighted by atomic mass is 10.0. The molecule has 7 nitrogen and oxygen atoms in total. The first kappa shape index (κ1) is 20.1. The molecule has 3 aromatic rings. The van der Waals surface area contributed by atoms with Crippen molar-refractivity contribution < 1.29 is 9.53 Å². The van der Waals surface area contributed by atoms with Crippen molar-refractivity contribution in [2.75, 3.05) is 5.32 Å². The van der Waals surface area contributed by atoms with Gasteiger partial charge in [-0.3, -0.25) is 9.36 Å². The van der Waals surface area contributed by atoms with Crippen molar-refractivity contribution in [3.63, 3.8) is 0 Å². The van der Waals surface area contributed by atoms with Crippen LogP contribution < -0.4 is 10.1 Å². The summed E-state index contributed by atoms with van der Waals surface area (Å²) in [6.07, 6.45) is 8.46. The van der Waals surface area contributed by atoms with E-state index in [9.17, 15) is 4.79 Å². The highest BCUT2D eigenvalue weighted by molar-refractivity contribution is 5.90. The topological polar surface area (TPSA) is 81.9 Å². The monoisotopic (exact) mass is 405 g/mol. The number of nitrogens with zero attached hydrogens (tertiary/aromatic N) is 4. The smallest absolute Gasteiger partial charge is 0.238 e. The number of benzene rings is 1. The number of amides is 1. The van der Waals surface area contributed by atoms with E-state index in [1.807, 2.05) is 48.7 Å². The first-order chi connectivity index (χ1) is 14.6. The van der Waals surface area contributed by atoms with E-state index < -0.39 is 0 Å². The Balaban J connectivity index is 1.30. The number of hydrogen-bond acceptors (Lipinski definition) is 5. The lowest BCUT2D eigenvalue weighted by molar-refractivity contribution is -0.116. The molecule has 4 rings (SSSR count). The minimum absolute atomic E-state index is 0.0713. The van der Waals surface area contributed by atoms with E-state index in [0.29, 0.717) is 23.9 Å². The van der Waals surface area contributed by atoms with Crippen molar-refractivity contribution in [2.45, 2.75) is 52.4 Å². The molecule has 1 fully saturated rings. The summed E-state index contributed by atoms with van der Waals surface area (Å²) in [5.74, 6) is 2.52. The Morgan fingerprint density at radius 3 is 2.50 bits per heavy atom. The normalized spacial score (nSPS) is 14.1. The van der Waals surface area contributed by atoms with E-state index in [2.05, 4.69) is 20.5 Å². The molecule has 1 N–H and O–H groups in total. The minimum atomic E-state index is 0.0713.